The Kier molecular flexibility index (Phi) is 4.21. The molecule has 4 unspecified atom stereocenters. The van der Waals surface area contributed by atoms with Crippen molar-refractivity contribution in [2.75, 3.05) is 19.6 Å². The van der Waals surface area contributed by atoms with Gasteiger partial charge < -0.3 is 10.6 Å². The molecular weight excluding hydrogens is 238 g/mol. The number of amides is 1. The molecule has 2 N–H and O–H groups in total. The number of carbonyl (C=O) groups excluding carboxylic acids is 1. The van der Waals surface area contributed by atoms with Gasteiger partial charge in [0.05, 0.1) is 6.04 Å². The SMILES string of the molecule is CCC(C)(C)NC(=O)C(C)N1CC2CNCC2C1C. The van der Waals surface area contributed by atoms with Crippen LogP contribution in [0.3, 0.4) is 0 Å². The van der Waals surface area contributed by atoms with Crippen molar-refractivity contribution in [1.29, 1.82) is 0 Å². The Labute approximate surface area is 117 Å². The van der Waals surface area contributed by atoms with Crippen molar-refractivity contribution in [3.8, 4) is 0 Å². The molecule has 110 valence electrons. The quantitative estimate of drug-likeness (QED) is 0.805. The lowest BCUT2D eigenvalue weighted by Gasteiger charge is -2.33. The Morgan fingerprint density at radius 1 is 1.47 bits per heavy atom. The van der Waals surface area contributed by atoms with E-state index in [1.54, 1.807) is 0 Å². The average Bonchev–Trinajstić information content (AvgIpc) is 2.91. The maximum Gasteiger partial charge on any atom is 0.237 e. The number of rotatable bonds is 4. The Hall–Kier alpha value is -0.610. The standard InChI is InChI=1S/C15H29N3O/c1-6-15(4,5)17-14(19)11(3)18-9-12-7-16-8-13(12)10(18)2/h10-13,16H,6-9H2,1-5H3,(H,17,19). The van der Waals surface area contributed by atoms with Crippen LogP contribution in [0.2, 0.25) is 0 Å². The number of nitrogens with zero attached hydrogens (tertiary/aromatic N) is 1. The fraction of sp³-hybridized carbons (Fsp3) is 0.933. The summed E-state index contributed by atoms with van der Waals surface area (Å²) in [6, 6.07) is 0.483. The van der Waals surface area contributed by atoms with Crippen LogP contribution in [0.25, 0.3) is 0 Å². The molecule has 4 heteroatoms. The first-order valence-electron chi connectivity index (χ1n) is 7.64. The molecular formula is C15H29N3O. The van der Waals surface area contributed by atoms with Crippen molar-refractivity contribution >= 4 is 5.91 Å². The lowest BCUT2D eigenvalue weighted by atomic mass is 9.95. The van der Waals surface area contributed by atoms with E-state index in [9.17, 15) is 4.79 Å². The molecule has 4 nitrogen and oxygen atoms in total. The van der Waals surface area contributed by atoms with Gasteiger partial charge >= 0.3 is 0 Å². The highest BCUT2D eigenvalue weighted by Crippen LogP contribution is 2.33. The van der Waals surface area contributed by atoms with Crippen LogP contribution in [0.5, 0.6) is 0 Å². The highest BCUT2D eigenvalue weighted by atomic mass is 16.2. The zero-order chi connectivity index (χ0) is 14.2. The average molecular weight is 267 g/mol. The minimum atomic E-state index is -0.105. The minimum absolute atomic E-state index is 0.0218. The van der Waals surface area contributed by atoms with Crippen LogP contribution in [0.15, 0.2) is 0 Å². The number of carbonyl (C=O) groups is 1. The molecule has 2 fully saturated rings. The van der Waals surface area contributed by atoms with Crippen LogP contribution in [0.1, 0.15) is 41.0 Å². The van der Waals surface area contributed by atoms with Crippen molar-refractivity contribution in [3.05, 3.63) is 0 Å². The van der Waals surface area contributed by atoms with Crippen LogP contribution in [0.4, 0.5) is 0 Å². The molecule has 0 aliphatic carbocycles. The lowest BCUT2D eigenvalue weighted by molar-refractivity contribution is -0.128. The van der Waals surface area contributed by atoms with E-state index in [1.807, 2.05) is 6.92 Å². The molecule has 0 aromatic rings. The van der Waals surface area contributed by atoms with E-state index in [1.165, 1.54) is 0 Å². The zero-order valence-corrected chi connectivity index (χ0v) is 13.0. The topological polar surface area (TPSA) is 44.4 Å². The van der Waals surface area contributed by atoms with Crippen molar-refractivity contribution in [3.63, 3.8) is 0 Å². The third kappa shape index (κ3) is 2.95. The van der Waals surface area contributed by atoms with Gasteiger partial charge in [-0.05, 0) is 59.0 Å². The number of likely N-dealkylation sites (tertiary alicyclic amines) is 1. The predicted molar refractivity (Wildman–Crippen MR) is 78.0 cm³/mol. The monoisotopic (exact) mass is 267 g/mol. The Morgan fingerprint density at radius 3 is 2.74 bits per heavy atom. The number of nitrogens with one attached hydrogen (secondary N) is 2. The number of hydrogen-bond donors (Lipinski definition) is 2. The first-order valence-corrected chi connectivity index (χ1v) is 7.64. The number of fused-ring (bicyclic) bond motifs is 1. The highest BCUT2D eigenvalue weighted by Gasteiger charge is 2.44. The summed E-state index contributed by atoms with van der Waals surface area (Å²) in [5.41, 5.74) is -0.105. The normalized spacial score (nSPS) is 33.2. The second-order valence-corrected chi connectivity index (χ2v) is 6.92. The van der Waals surface area contributed by atoms with Crippen LogP contribution in [0, 0.1) is 11.8 Å². The molecule has 4 atom stereocenters. The molecule has 19 heavy (non-hydrogen) atoms. The molecule has 2 rings (SSSR count). The first-order chi connectivity index (χ1) is 8.85. The van der Waals surface area contributed by atoms with E-state index in [2.05, 4.69) is 43.2 Å². The van der Waals surface area contributed by atoms with Crippen molar-refractivity contribution in [2.45, 2.75) is 58.7 Å². The van der Waals surface area contributed by atoms with E-state index in [0.717, 1.165) is 37.9 Å². The van der Waals surface area contributed by atoms with E-state index in [4.69, 9.17) is 0 Å². The first kappa shape index (κ1) is 14.8. The van der Waals surface area contributed by atoms with E-state index < -0.39 is 0 Å². The van der Waals surface area contributed by atoms with E-state index in [0.29, 0.717) is 6.04 Å². The maximum absolute atomic E-state index is 12.4. The van der Waals surface area contributed by atoms with Crippen LogP contribution in [-0.2, 0) is 4.79 Å². The summed E-state index contributed by atoms with van der Waals surface area (Å²) in [6.07, 6.45) is 0.955. The van der Waals surface area contributed by atoms with Gasteiger partial charge in [0.25, 0.3) is 0 Å². The van der Waals surface area contributed by atoms with Gasteiger partial charge in [-0.15, -0.1) is 0 Å². The Balaban J connectivity index is 1.96. The largest absolute Gasteiger partial charge is 0.350 e. The van der Waals surface area contributed by atoms with Crippen LogP contribution >= 0.6 is 0 Å². The van der Waals surface area contributed by atoms with Crippen molar-refractivity contribution in [2.24, 2.45) is 11.8 Å². The summed E-state index contributed by atoms with van der Waals surface area (Å²) in [4.78, 5) is 14.8. The molecule has 0 saturated carbocycles. The molecule has 0 spiro atoms. The van der Waals surface area contributed by atoms with Gasteiger partial charge in [0, 0.05) is 18.1 Å². The van der Waals surface area contributed by atoms with Crippen molar-refractivity contribution in [1.82, 2.24) is 15.5 Å². The highest BCUT2D eigenvalue weighted by molar-refractivity contribution is 5.82. The molecule has 0 aromatic carbocycles. The van der Waals surface area contributed by atoms with Gasteiger partial charge in [-0.3, -0.25) is 9.69 Å². The van der Waals surface area contributed by atoms with Gasteiger partial charge in [-0.25, -0.2) is 0 Å². The van der Waals surface area contributed by atoms with Gasteiger partial charge in [0.2, 0.25) is 5.91 Å². The predicted octanol–water partition coefficient (Wildman–Crippen LogP) is 1.22. The summed E-state index contributed by atoms with van der Waals surface area (Å²) in [5.74, 6) is 1.62. The fourth-order valence-electron chi connectivity index (χ4n) is 3.39. The molecule has 0 aromatic heterocycles. The molecule has 2 aliphatic rings. The second-order valence-electron chi connectivity index (χ2n) is 6.92. The van der Waals surface area contributed by atoms with E-state index in [-0.39, 0.29) is 17.5 Å². The van der Waals surface area contributed by atoms with Gasteiger partial charge in [0.15, 0.2) is 0 Å². The molecule has 2 saturated heterocycles. The van der Waals surface area contributed by atoms with Crippen LogP contribution in [-0.4, -0.2) is 48.1 Å². The van der Waals surface area contributed by atoms with Gasteiger partial charge in [0.1, 0.15) is 0 Å². The maximum atomic E-state index is 12.4. The summed E-state index contributed by atoms with van der Waals surface area (Å²) in [5, 5.41) is 6.64. The number of hydrogen-bond acceptors (Lipinski definition) is 3. The van der Waals surface area contributed by atoms with Crippen LogP contribution < -0.4 is 10.6 Å². The molecule has 1 amide bonds. The summed E-state index contributed by atoms with van der Waals surface area (Å²) < 4.78 is 0. The summed E-state index contributed by atoms with van der Waals surface area (Å²) in [7, 11) is 0. The fourth-order valence-corrected chi connectivity index (χ4v) is 3.39. The van der Waals surface area contributed by atoms with E-state index >= 15 is 0 Å². The third-order valence-electron chi connectivity index (χ3n) is 5.20. The smallest absolute Gasteiger partial charge is 0.237 e. The molecule has 0 radical (unpaired) electrons. The second kappa shape index (κ2) is 5.41. The molecule has 2 aliphatic heterocycles. The third-order valence-corrected chi connectivity index (χ3v) is 5.20. The van der Waals surface area contributed by atoms with Gasteiger partial charge in [-0.2, -0.15) is 0 Å². The minimum Gasteiger partial charge on any atom is -0.350 e. The Bertz CT molecular complexity index is 342. The van der Waals surface area contributed by atoms with Gasteiger partial charge in [-0.1, -0.05) is 6.92 Å². The summed E-state index contributed by atoms with van der Waals surface area (Å²) >= 11 is 0. The summed E-state index contributed by atoms with van der Waals surface area (Å²) in [6.45, 7) is 13.9. The Morgan fingerprint density at radius 2 is 2.16 bits per heavy atom. The zero-order valence-electron chi connectivity index (χ0n) is 13.0. The molecule has 2 heterocycles. The molecule has 0 bridgehead atoms. The lowest BCUT2D eigenvalue weighted by Crippen LogP contribution is -2.53. The van der Waals surface area contributed by atoms with Crippen molar-refractivity contribution < 1.29 is 4.79 Å².